The molecule has 1 aromatic carbocycles. The second-order valence-corrected chi connectivity index (χ2v) is 7.60. The minimum atomic E-state index is -0.328. The molecule has 0 bridgehead atoms. The highest BCUT2D eigenvalue weighted by molar-refractivity contribution is 14.1. The number of rotatable bonds is 5. The molecule has 0 radical (unpaired) electrons. The first-order valence-electron chi connectivity index (χ1n) is 7.79. The van der Waals surface area contributed by atoms with Gasteiger partial charge in [0.25, 0.3) is 5.91 Å². The van der Waals surface area contributed by atoms with E-state index >= 15 is 0 Å². The predicted octanol–water partition coefficient (Wildman–Crippen LogP) is 3.99. The Balaban J connectivity index is 1.58. The second-order valence-electron chi connectivity index (χ2n) is 5.58. The second kappa shape index (κ2) is 8.00. The van der Waals surface area contributed by atoms with Gasteiger partial charge < -0.3 is 15.1 Å². The number of thiazole rings is 1. The van der Waals surface area contributed by atoms with E-state index in [2.05, 4.69) is 38.2 Å². The summed E-state index contributed by atoms with van der Waals surface area (Å²) in [5, 5.41) is 7.66. The van der Waals surface area contributed by atoms with Gasteiger partial charge in [0.2, 0.25) is 5.91 Å². The van der Waals surface area contributed by atoms with Crippen LogP contribution in [0.2, 0.25) is 0 Å². The van der Waals surface area contributed by atoms with Gasteiger partial charge in [0.05, 0.1) is 17.8 Å². The van der Waals surface area contributed by atoms with Gasteiger partial charge in [-0.1, -0.05) is 12.1 Å². The van der Waals surface area contributed by atoms with E-state index in [9.17, 15) is 9.59 Å². The lowest BCUT2D eigenvalue weighted by Crippen LogP contribution is -2.33. The van der Waals surface area contributed by atoms with Gasteiger partial charge >= 0.3 is 0 Å². The van der Waals surface area contributed by atoms with E-state index in [0.717, 1.165) is 26.3 Å². The molecule has 8 heteroatoms. The number of halogens is 1. The van der Waals surface area contributed by atoms with Crippen molar-refractivity contribution in [2.45, 2.75) is 13.8 Å². The summed E-state index contributed by atoms with van der Waals surface area (Å²) in [6.07, 6.45) is 0. The van der Waals surface area contributed by atoms with Crippen molar-refractivity contribution >= 4 is 50.9 Å². The average Bonchev–Trinajstić information content (AvgIpc) is 3.19. The predicted molar refractivity (Wildman–Crippen MR) is 109 cm³/mol. The molecular formula is C18H16IN3O3S. The number of aryl methyl sites for hydroxylation is 2. The third-order valence-corrected chi connectivity index (χ3v) is 5.29. The third-order valence-electron chi connectivity index (χ3n) is 3.60. The number of aromatic nitrogens is 1. The van der Waals surface area contributed by atoms with Crippen molar-refractivity contribution in [1.29, 1.82) is 0 Å². The smallest absolute Gasteiger partial charge is 0.252 e. The topological polar surface area (TPSA) is 84.2 Å². The van der Waals surface area contributed by atoms with Crippen molar-refractivity contribution in [2.75, 3.05) is 11.9 Å². The maximum Gasteiger partial charge on any atom is 0.252 e. The Morgan fingerprint density at radius 2 is 2.04 bits per heavy atom. The summed E-state index contributed by atoms with van der Waals surface area (Å²) in [4.78, 5) is 28.6. The molecule has 2 heterocycles. The molecule has 0 unspecified atom stereocenters. The maximum absolute atomic E-state index is 12.1. The number of hydrogen-bond donors (Lipinski definition) is 2. The molecule has 0 atom stereocenters. The van der Waals surface area contributed by atoms with Crippen LogP contribution in [0.25, 0.3) is 11.3 Å². The van der Waals surface area contributed by atoms with Crippen molar-refractivity contribution < 1.29 is 14.0 Å². The molecule has 0 spiro atoms. The first-order chi connectivity index (χ1) is 12.4. The molecule has 6 nitrogen and oxygen atoms in total. The largest absolute Gasteiger partial charge is 0.466 e. The fraction of sp³-hybridized carbons (Fsp3) is 0.167. The van der Waals surface area contributed by atoms with Crippen LogP contribution in [0.15, 0.2) is 40.1 Å². The zero-order chi connectivity index (χ0) is 18.7. The Hall–Kier alpha value is -2.20. The number of carbonyl (C=O) groups excluding carboxylic acids is 2. The number of furan rings is 1. The van der Waals surface area contributed by atoms with Crippen LogP contribution in [-0.4, -0.2) is 23.3 Å². The summed E-state index contributed by atoms with van der Waals surface area (Å²) in [5.41, 5.74) is 2.21. The lowest BCUT2D eigenvalue weighted by Gasteiger charge is -2.06. The highest BCUT2D eigenvalue weighted by Gasteiger charge is 2.14. The summed E-state index contributed by atoms with van der Waals surface area (Å²) >= 11 is 3.41. The summed E-state index contributed by atoms with van der Waals surface area (Å²) in [6.45, 7) is 3.63. The number of anilines is 1. The third kappa shape index (κ3) is 4.31. The van der Waals surface area contributed by atoms with Crippen LogP contribution in [0.5, 0.6) is 0 Å². The van der Waals surface area contributed by atoms with Gasteiger partial charge in [-0.05, 0) is 54.6 Å². The minimum Gasteiger partial charge on any atom is -0.466 e. The van der Waals surface area contributed by atoms with E-state index in [1.54, 1.807) is 12.1 Å². The number of carbonyl (C=O) groups is 2. The van der Waals surface area contributed by atoms with Crippen LogP contribution in [0, 0.1) is 17.4 Å². The van der Waals surface area contributed by atoms with Gasteiger partial charge in [-0.2, -0.15) is 0 Å². The molecule has 0 aliphatic heterocycles. The van der Waals surface area contributed by atoms with E-state index in [4.69, 9.17) is 4.42 Å². The van der Waals surface area contributed by atoms with Crippen LogP contribution in [0.3, 0.4) is 0 Å². The quantitative estimate of drug-likeness (QED) is 0.540. The summed E-state index contributed by atoms with van der Waals surface area (Å²) in [6, 6.07) is 9.11. The van der Waals surface area contributed by atoms with E-state index in [1.165, 1.54) is 11.3 Å². The Morgan fingerprint density at radius 3 is 2.73 bits per heavy atom. The van der Waals surface area contributed by atoms with Gasteiger partial charge in [-0.15, -0.1) is 11.3 Å². The molecule has 2 amide bonds. The van der Waals surface area contributed by atoms with Crippen molar-refractivity contribution in [3.63, 3.8) is 0 Å². The fourth-order valence-electron chi connectivity index (χ4n) is 2.40. The molecule has 3 rings (SSSR count). The zero-order valence-electron chi connectivity index (χ0n) is 14.1. The Kier molecular flexibility index (Phi) is 5.72. The fourth-order valence-corrected chi connectivity index (χ4v) is 3.76. The van der Waals surface area contributed by atoms with Crippen molar-refractivity contribution in [3.05, 3.63) is 56.4 Å². The SMILES string of the molecule is Cc1cc(-c2csc(NC(=O)CNC(=O)c3ccccc3I)n2)c(C)o1. The van der Waals surface area contributed by atoms with Crippen LogP contribution >= 0.6 is 33.9 Å². The molecular weight excluding hydrogens is 465 g/mol. The maximum atomic E-state index is 12.1. The Morgan fingerprint density at radius 1 is 1.27 bits per heavy atom. The normalized spacial score (nSPS) is 10.6. The zero-order valence-corrected chi connectivity index (χ0v) is 17.1. The van der Waals surface area contributed by atoms with Gasteiger partial charge in [0.1, 0.15) is 11.5 Å². The van der Waals surface area contributed by atoms with Gasteiger partial charge in [-0.25, -0.2) is 4.98 Å². The molecule has 0 saturated carbocycles. The summed E-state index contributed by atoms with van der Waals surface area (Å²) in [7, 11) is 0. The highest BCUT2D eigenvalue weighted by Crippen LogP contribution is 2.29. The van der Waals surface area contributed by atoms with Gasteiger partial charge in [0, 0.05) is 14.5 Å². The number of hydrogen-bond acceptors (Lipinski definition) is 5. The van der Waals surface area contributed by atoms with Crippen LogP contribution in [0.1, 0.15) is 21.9 Å². The molecule has 26 heavy (non-hydrogen) atoms. The van der Waals surface area contributed by atoms with Crippen molar-refractivity contribution in [1.82, 2.24) is 10.3 Å². The molecule has 134 valence electrons. The molecule has 2 N–H and O–H groups in total. The summed E-state index contributed by atoms with van der Waals surface area (Å²) in [5.74, 6) is 0.990. The van der Waals surface area contributed by atoms with E-state index in [1.807, 2.05) is 37.4 Å². The average molecular weight is 481 g/mol. The highest BCUT2D eigenvalue weighted by atomic mass is 127. The first-order valence-corrected chi connectivity index (χ1v) is 9.75. The summed E-state index contributed by atoms with van der Waals surface area (Å²) < 4.78 is 6.34. The first kappa shape index (κ1) is 18.6. The lowest BCUT2D eigenvalue weighted by molar-refractivity contribution is -0.115. The standard InChI is InChI=1S/C18H16IN3O3S/c1-10-7-13(11(2)25-10)15-9-26-18(21-15)22-16(23)8-20-17(24)12-5-3-4-6-14(12)19/h3-7,9H,8H2,1-2H3,(H,20,24)(H,21,22,23). The molecule has 0 fully saturated rings. The number of benzene rings is 1. The van der Waals surface area contributed by atoms with Crippen molar-refractivity contribution in [2.24, 2.45) is 0 Å². The van der Waals surface area contributed by atoms with E-state index in [0.29, 0.717) is 10.7 Å². The molecule has 2 aromatic heterocycles. The van der Waals surface area contributed by atoms with Gasteiger partial charge in [-0.3, -0.25) is 9.59 Å². The van der Waals surface area contributed by atoms with E-state index in [-0.39, 0.29) is 18.4 Å². The van der Waals surface area contributed by atoms with Crippen molar-refractivity contribution in [3.8, 4) is 11.3 Å². The lowest BCUT2D eigenvalue weighted by atomic mass is 10.2. The van der Waals surface area contributed by atoms with E-state index < -0.39 is 0 Å². The monoisotopic (exact) mass is 481 g/mol. The number of nitrogens with zero attached hydrogens (tertiary/aromatic N) is 1. The minimum absolute atomic E-state index is 0.122. The molecule has 3 aromatic rings. The molecule has 0 saturated heterocycles. The number of amides is 2. The Labute approximate surface area is 168 Å². The molecule has 0 aliphatic carbocycles. The number of nitrogens with one attached hydrogen (secondary N) is 2. The van der Waals surface area contributed by atoms with Crippen LogP contribution in [-0.2, 0) is 4.79 Å². The molecule has 0 aliphatic rings. The Bertz CT molecular complexity index is 964. The van der Waals surface area contributed by atoms with Crippen LogP contribution < -0.4 is 10.6 Å². The van der Waals surface area contributed by atoms with Crippen LogP contribution in [0.4, 0.5) is 5.13 Å². The van der Waals surface area contributed by atoms with Gasteiger partial charge in [0.15, 0.2) is 5.13 Å².